The fourth-order valence-corrected chi connectivity index (χ4v) is 2.25. The fraction of sp³-hybridized carbons (Fsp3) is 0.538. The lowest BCUT2D eigenvalue weighted by Gasteiger charge is -2.35. The van der Waals surface area contributed by atoms with Crippen LogP contribution in [0, 0.1) is 0 Å². The van der Waals surface area contributed by atoms with E-state index in [4.69, 9.17) is 5.73 Å². The topological polar surface area (TPSA) is 32.5 Å². The van der Waals surface area contributed by atoms with E-state index in [9.17, 15) is 8.78 Å². The van der Waals surface area contributed by atoms with E-state index in [0.29, 0.717) is 18.8 Å². The predicted octanol–water partition coefficient (Wildman–Crippen LogP) is 2.57. The molecule has 0 bridgehead atoms. The number of nitrogens with two attached hydrogens (primary N) is 1. The van der Waals surface area contributed by atoms with Crippen LogP contribution in [0.1, 0.15) is 12.8 Å². The van der Waals surface area contributed by atoms with Crippen LogP contribution in [0.25, 0.3) is 0 Å². The van der Waals surface area contributed by atoms with E-state index in [1.54, 1.807) is 0 Å². The van der Waals surface area contributed by atoms with E-state index in [0.717, 1.165) is 11.4 Å². The molecule has 0 saturated carbocycles. The molecule has 1 aromatic rings. The maximum atomic E-state index is 13.2. The molecular formula is C13H19F2N3. The molecule has 1 aliphatic heterocycles. The van der Waals surface area contributed by atoms with Gasteiger partial charge in [-0.2, -0.15) is 0 Å². The molecule has 18 heavy (non-hydrogen) atoms. The molecule has 0 aromatic heterocycles. The van der Waals surface area contributed by atoms with Crippen LogP contribution in [0.5, 0.6) is 0 Å². The molecule has 1 fully saturated rings. The number of benzene rings is 1. The molecule has 1 heterocycles. The van der Waals surface area contributed by atoms with Gasteiger partial charge in [-0.05, 0) is 18.2 Å². The maximum absolute atomic E-state index is 13.2. The highest BCUT2D eigenvalue weighted by molar-refractivity contribution is 5.75. The van der Waals surface area contributed by atoms with Gasteiger partial charge in [-0.3, -0.25) is 0 Å². The summed E-state index contributed by atoms with van der Waals surface area (Å²) >= 11 is 0. The Morgan fingerprint density at radius 3 is 2.39 bits per heavy atom. The van der Waals surface area contributed by atoms with Gasteiger partial charge in [-0.25, -0.2) is 8.78 Å². The van der Waals surface area contributed by atoms with E-state index >= 15 is 0 Å². The Morgan fingerprint density at radius 2 is 1.83 bits per heavy atom. The minimum atomic E-state index is -2.52. The van der Waals surface area contributed by atoms with Crippen LogP contribution >= 0.6 is 0 Å². The average molecular weight is 255 g/mol. The highest BCUT2D eigenvalue weighted by Gasteiger charge is 2.34. The number of hydrogen-bond acceptors (Lipinski definition) is 3. The van der Waals surface area contributed by atoms with Crippen molar-refractivity contribution in [2.75, 3.05) is 42.7 Å². The number of rotatable bonds is 2. The zero-order chi connectivity index (χ0) is 13.3. The van der Waals surface area contributed by atoms with Gasteiger partial charge in [-0.1, -0.05) is 0 Å². The largest absolute Gasteiger partial charge is 0.399 e. The van der Waals surface area contributed by atoms with Crippen molar-refractivity contribution in [2.24, 2.45) is 0 Å². The Morgan fingerprint density at radius 1 is 1.22 bits per heavy atom. The molecule has 5 heteroatoms. The second-order valence-electron chi connectivity index (χ2n) is 4.99. The third-order valence-corrected chi connectivity index (χ3v) is 3.32. The van der Waals surface area contributed by atoms with Gasteiger partial charge in [0.2, 0.25) is 0 Å². The summed E-state index contributed by atoms with van der Waals surface area (Å²) < 4.78 is 26.3. The summed E-state index contributed by atoms with van der Waals surface area (Å²) in [6.07, 6.45) is -0.177. The van der Waals surface area contributed by atoms with Crippen LogP contribution in [-0.2, 0) is 0 Å². The summed E-state index contributed by atoms with van der Waals surface area (Å²) in [5.41, 5.74) is 8.40. The summed E-state index contributed by atoms with van der Waals surface area (Å²) in [6.45, 7) is 0.745. The lowest BCUT2D eigenvalue weighted by atomic mass is 10.1. The third kappa shape index (κ3) is 2.66. The number of halogens is 2. The lowest BCUT2D eigenvalue weighted by molar-refractivity contribution is -0.0220. The van der Waals surface area contributed by atoms with Crippen LogP contribution in [0.3, 0.4) is 0 Å². The second-order valence-corrected chi connectivity index (χ2v) is 4.99. The van der Waals surface area contributed by atoms with Crippen molar-refractivity contribution in [3.8, 4) is 0 Å². The number of nitrogen functional groups attached to an aromatic ring is 1. The van der Waals surface area contributed by atoms with Gasteiger partial charge in [-0.15, -0.1) is 0 Å². The first-order valence-corrected chi connectivity index (χ1v) is 6.09. The molecule has 2 rings (SSSR count). The van der Waals surface area contributed by atoms with Gasteiger partial charge in [0.25, 0.3) is 5.92 Å². The Labute approximate surface area is 106 Å². The summed E-state index contributed by atoms with van der Waals surface area (Å²) in [6, 6.07) is 5.62. The number of piperidine rings is 1. The molecule has 100 valence electrons. The summed E-state index contributed by atoms with van der Waals surface area (Å²) in [4.78, 5) is 3.96. The van der Waals surface area contributed by atoms with Gasteiger partial charge in [0.15, 0.2) is 0 Å². The molecule has 0 spiro atoms. The van der Waals surface area contributed by atoms with Crippen molar-refractivity contribution < 1.29 is 8.78 Å². The molecule has 0 unspecified atom stereocenters. The van der Waals surface area contributed by atoms with Gasteiger partial charge >= 0.3 is 0 Å². The van der Waals surface area contributed by atoms with Gasteiger partial charge < -0.3 is 15.5 Å². The minimum Gasteiger partial charge on any atom is -0.399 e. The van der Waals surface area contributed by atoms with Crippen LogP contribution in [0.15, 0.2) is 18.2 Å². The van der Waals surface area contributed by atoms with Crippen molar-refractivity contribution >= 4 is 17.1 Å². The van der Waals surface area contributed by atoms with Gasteiger partial charge in [0.1, 0.15) is 0 Å². The SMILES string of the molecule is CN(C)c1ccc(N)cc1N1CCC(F)(F)CC1. The normalized spacial score (nSPS) is 18.8. The Hall–Kier alpha value is -1.52. The van der Waals surface area contributed by atoms with E-state index in [-0.39, 0.29) is 12.8 Å². The second kappa shape index (κ2) is 4.63. The van der Waals surface area contributed by atoms with Crippen LogP contribution < -0.4 is 15.5 Å². The van der Waals surface area contributed by atoms with Gasteiger partial charge in [0.05, 0.1) is 11.4 Å². The first-order valence-electron chi connectivity index (χ1n) is 6.09. The molecular weight excluding hydrogens is 236 g/mol. The minimum absolute atomic E-state index is 0.0886. The first kappa shape index (κ1) is 12.9. The Balaban J connectivity index is 2.25. The van der Waals surface area contributed by atoms with E-state index < -0.39 is 5.92 Å². The van der Waals surface area contributed by atoms with Crippen LogP contribution in [-0.4, -0.2) is 33.1 Å². The number of anilines is 3. The van der Waals surface area contributed by atoms with E-state index in [1.807, 2.05) is 42.1 Å². The summed E-state index contributed by atoms with van der Waals surface area (Å²) in [5, 5.41) is 0. The van der Waals surface area contributed by atoms with Crippen LogP contribution in [0.2, 0.25) is 0 Å². The molecule has 2 N–H and O–H groups in total. The molecule has 0 atom stereocenters. The molecule has 1 saturated heterocycles. The highest BCUT2D eigenvalue weighted by Crippen LogP contribution is 2.35. The molecule has 1 aromatic carbocycles. The Kier molecular flexibility index (Phi) is 3.32. The third-order valence-electron chi connectivity index (χ3n) is 3.32. The van der Waals surface area contributed by atoms with Gasteiger partial charge in [0, 0.05) is 45.7 Å². The number of nitrogens with zero attached hydrogens (tertiary/aromatic N) is 2. The molecule has 3 nitrogen and oxygen atoms in total. The quantitative estimate of drug-likeness (QED) is 0.824. The molecule has 0 radical (unpaired) electrons. The predicted molar refractivity (Wildman–Crippen MR) is 71.6 cm³/mol. The number of alkyl halides is 2. The number of hydrogen-bond donors (Lipinski definition) is 1. The summed E-state index contributed by atoms with van der Waals surface area (Å²) in [5.74, 6) is -2.52. The van der Waals surface area contributed by atoms with Crippen molar-refractivity contribution in [3.05, 3.63) is 18.2 Å². The van der Waals surface area contributed by atoms with Crippen molar-refractivity contribution in [1.82, 2.24) is 0 Å². The Bertz CT molecular complexity index is 422. The lowest BCUT2D eigenvalue weighted by Crippen LogP contribution is -2.39. The maximum Gasteiger partial charge on any atom is 0.251 e. The van der Waals surface area contributed by atoms with E-state index in [2.05, 4.69) is 0 Å². The van der Waals surface area contributed by atoms with Crippen molar-refractivity contribution in [1.29, 1.82) is 0 Å². The summed E-state index contributed by atoms with van der Waals surface area (Å²) in [7, 11) is 3.88. The van der Waals surface area contributed by atoms with E-state index in [1.165, 1.54) is 0 Å². The van der Waals surface area contributed by atoms with Crippen molar-refractivity contribution in [3.63, 3.8) is 0 Å². The molecule has 0 amide bonds. The zero-order valence-corrected chi connectivity index (χ0v) is 10.8. The van der Waals surface area contributed by atoms with Crippen molar-refractivity contribution in [2.45, 2.75) is 18.8 Å². The molecule has 0 aliphatic carbocycles. The zero-order valence-electron chi connectivity index (χ0n) is 10.8. The monoisotopic (exact) mass is 255 g/mol. The first-order chi connectivity index (χ1) is 8.39. The smallest absolute Gasteiger partial charge is 0.251 e. The highest BCUT2D eigenvalue weighted by atomic mass is 19.3. The fourth-order valence-electron chi connectivity index (χ4n) is 2.25. The standard InChI is InChI=1S/C13H19F2N3/c1-17(2)11-4-3-10(16)9-12(11)18-7-5-13(14,15)6-8-18/h3-4,9H,5-8,16H2,1-2H3. The average Bonchev–Trinajstić information content (AvgIpc) is 2.28. The molecule has 1 aliphatic rings. The van der Waals surface area contributed by atoms with Crippen LogP contribution in [0.4, 0.5) is 25.8 Å².